The summed E-state index contributed by atoms with van der Waals surface area (Å²) in [7, 11) is 0. The zero-order valence-electron chi connectivity index (χ0n) is 8.36. The topological polar surface area (TPSA) is 18.5 Å². The van der Waals surface area contributed by atoms with Crippen LogP contribution in [-0.2, 0) is 9.47 Å². The number of fused-ring (bicyclic) bond motifs is 2. The Morgan fingerprint density at radius 1 is 1.20 bits per heavy atom. The van der Waals surface area contributed by atoms with Gasteiger partial charge in [0.15, 0.2) is 6.29 Å². The Balaban J connectivity index is 1.79. The molecule has 0 radical (unpaired) electrons. The maximum atomic E-state index is 6.25. The van der Waals surface area contributed by atoms with Gasteiger partial charge in [-0.05, 0) is 24.7 Å². The van der Waals surface area contributed by atoms with E-state index in [0.29, 0.717) is 17.8 Å². The summed E-state index contributed by atoms with van der Waals surface area (Å²) in [5.41, 5.74) is 0. The molecule has 2 aliphatic carbocycles. The van der Waals surface area contributed by atoms with Crippen molar-refractivity contribution in [3.63, 3.8) is 0 Å². The minimum atomic E-state index is -0.0253. The number of alkyl halides is 1. The maximum absolute atomic E-state index is 6.25. The molecule has 4 unspecified atom stereocenters. The van der Waals surface area contributed by atoms with Crippen LogP contribution in [0.2, 0.25) is 0 Å². The van der Waals surface area contributed by atoms with Gasteiger partial charge in [0, 0.05) is 11.0 Å². The summed E-state index contributed by atoms with van der Waals surface area (Å²) in [5.74, 6) is 1.46. The van der Waals surface area contributed by atoms with E-state index in [9.17, 15) is 0 Å². The Labute approximate surface area is 99.5 Å². The van der Waals surface area contributed by atoms with Gasteiger partial charge >= 0.3 is 0 Å². The Morgan fingerprint density at radius 2 is 1.93 bits per heavy atom. The Hall–Kier alpha value is 0.240. The van der Waals surface area contributed by atoms with E-state index >= 15 is 0 Å². The van der Waals surface area contributed by atoms with Crippen molar-refractivity contribution in [3.05, 3.63) is 11.1 Å². The molecule has 0 aromatic rings. The fraction of sp³-hybridized carbons (Fsp3) is 0.818. The molecule has 0 amide bonds. The van der Waals surface area contributed by atoms with Crippen molar-refractivity contribution in [2.75, 3.05) is 13.2 Å². The lowest BCUT2D eigenvalue weighted by atomic mass is 9.92. The molecule has 4 heteroatoms. The van der Waals surface area contributed by atoms with Gasteiger partial charge < -0.3 is 9.47 Å². The van der Waals surface area contributed by atoms with Crippen LogP contribution in [-0.4, -0.2) is 24.9 Å². The molecule has 84 valence electrons. The fourth-order valence-electron chi connectivity index (χ4n) is 3.03. The van der Waals surface area contributed by atoms with Crippen LogP contribution < -0.4 is 0 Å². The van der Waals surface area contributed by atoms with Crippen LogP contribution >= 0.6 is 23.2 Å². The SMILES string of the molecule is ClC1=CC2CC(CC2C2OCCO2)C1Cl. The summed E-state index contributed by atoms with van der Waals surface area (Å²) >= 11 is 12.4. The lowest BCUT2D eigenvalue weighted by molar-refractivity contribution is -0.0891. The van der Waals surface area contributed by atoms with Crippen molar-refractivity contribution in [1.29, 1.82) is 0 Å². The first-order valence-corrected chi connectivity index (χ1v) is 6.31. The highest BCUT2D eigenvalue weighted by Gasteiger charge is 2.46. The highest BCUT2D eigenvalue weighted by molar-refractivity contribution is 6.37. The summed E-state index contributed by atoms with van der Waals surface area (Å²) in [6.07, 6.45) is 4.30. The molecule has 2 nitrogen and oxygen atoms in total. The van der Waals surface area contributed by atoms with Crippen LogP contribution in [0.3, 0.4) is 0 Å². The molecule has 1 saturated heterocycles. The largest absolute Gasteiger partial charge is 0.350 e. The van der Waals surface area contributed by atoms with E-state index in [1.165, 1.54) is 0 Å². The van der Waals surface area contributed by atoms with Gasteiger partial charge in [-0.1, -0.05) is 17.7 Å². The van der Waals surface area contributed by atoms with E-state index in [2.05, 4.69) is 6.08 Å². The molecule has 1 heterocycles. The molecule has 0 spiro atoms. The molecule has 2 fully saturated rings. The average Bonchev–Trinajstić information content (AvgIpc) is 2.81. The van der Waals surface area contributed by atoms with Crippen LogP contribution in [0.15, 0.2) is 11.1 Å². The molecule has 3 aliphatic rings. The van der Waals surface area contributed by atoms with Gasteiger partial charge in [0.2, 0.25) is 0 Å². The minimum Gasteiger partial charge on any atom is -0.350 e. The van der Waals surface area contributed by atoms with Gasteiger partial charge in [-0.15, -0.1) is 11.6 Å². The summed E-state index contributed by atoms with van der Waals surface area (Å²) < 4.78 is 11.2. The summed E-state index contributed by atoms with van der Waals surface area (Å²) in [4.78, 5) is 0. The zero-order chi connectivity index (χ0) is 10.4. The number of hydrogen-bond donors (Lipinski definition) is 0. The Kier molecular flexibility index (Phi) is 2.72. The van der Waals surface area contributed by atoms with Gasteiger partial charge in [-0.25, -0.2) is 0 Å². The van der Waals surface area contributed by atoms with Crippen molar-refractivity contribution >= 4 is 23.2 Å². The highest BCUT2D eigenvalue weighted by atomic mass is 35.5. The first-order valence-electron chi connectivity index (χ1n) is 5.50. The van der Waals surface area contributed by atoms with E-state index in [1.54, 1.807) is 0 Å². The van der Waals surface area contributed by atoms with Gasteiger partial charge in [0.25, 0.3) is 0 Å². The molecular formula is C11H14Cl2O2. The van der Waals surface area contributed by atoms with E-state index in [4.69, 9.17) is 32.7 Å². The number of allylic oxidation sites excluding steroid dienone is 2. The molecular weight excluding hydrogens is 235 g/mol. The Bertz CT molecular complexity index is 286. The van der Waals surface area contributed by atoms with E-state index in [-0.39, 0.29) is 11.7 Å². The first-order chi connectivity index (χ1) is 7.25. The van der Waals surface area contributed by atoms with Gasteiger partial charge in [-0.2, -0.15) is 0 Å². The average molecular weight is 249 g/mol. The van der Waals surface area contributed by atoms with E-state index in [1.807, 2.05) is 0 Å². The van der Waals surface area contributed by atoms with Gasteiger partial charge in [-0.3, -0.25) is 0 Å². The third kappa shape index (κ3) is 1.72. The fourth-order valence-corrected chi connectivity index (χ4v) is 3.65. The lowest BCUT2D eigenvalue weighted by Crippen LogP contribution is -2.23. The molecule has 0 aromatic carbocycles. The number of hydrogen-bond acceptors (Lipinski definition) is 2. The predicted octanol–water partition coefficient (Wildman–Crippen LogP) is 2.75. The summed E-state index contributed by atoms with van der Waals surface area (Å²) in [6.45, 7) is 1.45. The smallest absolute Gasteiger partial charge is 0.161 e. The van der Waals surface area contributed by atoms with Crippen LogP contribution in [0.5, 0.6) is 0 Å². The molecule has 1 saturated carbocycles. The second-order valence-corrected chi connectivity index (χ2v) is 5.53. The van der Waals surface area contributed by atoms with Crippen molar-refractivity contribution in [2.45, 2.75) is 24.5 Å². The Morgan fingerprint density at radius 3 is 2.67 bits per heavy atom. The predicted molar refractivity (Wildman–Crippen MR) is 59.0 cm³/mol. The van der Waals surface area contributed by atoms with E-state index < -0.39 is 0 Å². The second kappa shape index (κ2) is 3.92. The monoisotopic (exact) mass is 248 g/mol. The summed E-state index contributed by atoms with van der Waals surface area (Å²) in [6, 6.07) is 0. The van der Waals surface area contributed by atoms with Crippen molar-refractivity contribution < 1.29 is 9.47 Å². The van der Waals surface area contributed by atoms with Crippen LogP contribution in [0.4, 0.5) is 0 Å². The zero-order valence-corrected chi connectivity index (χ0v) is 9.88. The number of halogens is 2. The maximum Gasteiger partial charge on any atom is 0.161 e. The molecule has 0 aromatic heterocycles. The van der Waals surface area contributed by atoms with Crippen molar-refractivity contribution in [3.8, 4) is 0 Å². The third-order valence-corrected chi connectivity index (χ3v) is 4.81. The molecule has 4 atom stereocenters. The normalized spacial score (nSPS) is 45.9. The van der Waals surface area contributed by atoms with Crippen LogP contribution in [0.1, 0.15) is 12.8 Å². The van der Waals surface area contributed by atoms with Crippen LogP contribution in [0.25, 0.3) is 0 Å². The lowest BCUT2D eigenvalue weighted by Gasteiger charge is -2.23. The first kappa shape index (κ1) is 10.4. The van der Waals surface area contributed by atoms with Crippen LogP contribution in [0, 0.1) is 17.8 Å². The summed E-state index contributed by atoms with van der Waals surface area (Å²) in [5, 5.41) is 0.827. The molecule has 2 bridgehead atoms. The van der Waals surface area contributed by atoms with Crippen molar-refractivity contribution in [2.24, 2.45) is 17.8 Å². The molecule has 1 aliphatic heterocycles. The standard InChI is InChI=1S/C11H14Cl2O2/c12-9-5-6-3-7(10(9)13)4-8(6)11-14-1-2-15-11/h5-8,10-11H,1-4H2. The third-order valence-electron chi connectivity index (χ3n) is 3.75. The number of ether oxygens (including phenoxy) is 2. The van der Waals surface area contributed by atoms with Gasteiger partial charge in [0.05, 0.1) is 18.6 Å². The van der Waals surface area contributed by atoms with E-state index in [0.717, 1.165) is 31.1 Å². The quantitative estimate of drug-likeness (QED) is 0.665. The molecule has 3 rings (SSSR count). The van der Waals surface area contributed by atoms with Crippen molar-refractivity contribution in [1.82, 2.24) is 0 Å². The highest BCUT2D eigenvalue weighted by Crippen LogP contribution is 2.49. The molecule has 0 N–H and O–H groups in total. The number of rotatable bonds is 1. The molecule has 15 heavy (non-hydrogen) atoms. The minimum absolute atomic E-state index is 0.00863. The second-order valence-electron chi connectivity index (χ2n) is 4.62. The van der Waals surface area contributed by atoms with Gasteiger partial charge in [0.1, 0.15) is 0 Å².